The summed E-state index contributed by atoms with van der Waals surface area (Å²) >= 11 is 0. The van der Waals surface area contributed by atoms with Crippen LogP contribution in [0.5, 0.6) is 5.75 Å². The predicted molar refractivity (Wildman–Crippen MR) is 111 cm³/mol. The maximum atomic E-state index is 15.0. The smallest absolute Gasteiger partial charge is 0.175 e. The molecule has 0 N–H and O–H groups in total. The van der Waals surface area contributed by atoms with E-state index in [9.17, 15) is 8.78 Å². The number of halogens is 3. The normalized spacial score (nSPS) is 27.3. The van der Waals surface area contributed by atoms with Gasteiger partial charge in [0.1, 0.15) is 6.61 Å². The summed E-state index contributed by atoms with van der Waals surface area (Å²) in [5.74, 6) is -0.772. The van der Waals surface area contributed by atoms with Crippen LogP contribution < -0.4 is 4.74 Å². The maximum Gasteiger partial charge on any atom is 0.175 e. The van der Waals surface area contributed by atoms with Crippen molar-refractivity contribution in [2.24, 2.45) is 17.8 Å². The fourth-order valence-electron chi connectivity index (χ4n) is 5.43. The van der Waals surface area contributed by atoms with Crippen molar-refractivity contribution in [3.8, 4) is 5.75 Å². The monoisotopic (exact) mass is 402 g/mol. The molecule has 2 aliphatic rings. The van der Waals surface area contributed by atoms with Crippen molar-refractivity contribution in [2.45, 2.75) is 58.3 Å². The molecule has 2 unspecified atom stereocenters. The van der Waals surface area contributed by atoms with E-state index in [1.54, 1.807) is 24.3 Å². The zero-order valence-electron chi connectivity index (χ0n) is 17.2. The van der Waals surface area contributed by atoms with Crippen LogP contribution in [0.1, 0.15) is 63.9 Å². The number of hydrogen-bond acceptors (Lipinski definition) is 1. The lowest BCUT2D eigenvalue weighted by molar-refractivity contribution is 0.123. The molecule has 156 valence electrons. The molecule has 0 amide bonds. The maximum absolute atomic E-state index is 15.0. The van der Waals surface area contributed by atoms with Crippen molar-refractivity contribution < 1.29 is 17.9 Å². The molecule has 1 nitrogen and oxygen atoms in total. The summed E-state index contributed by atoms with van der Waals surface area (Å²) in [6.45, 7) is 4.33. The van der Waals surface area contributed by atoms with E-state index in [2.05, 4.69) is 6.92 Å². The molecule has 4 rings (SSSR count). The molecular weight excluding hydrogens is 373 g/mol. The van der Waals surface area contributed by atoms with E-state index in [1.807, 2.05) is 6.92 Å². The summed E-state index contributed by atoms with van der Waals surface area (Å²) in [6.07, 6.45) is 10.0. The quantitative estimate of drug-likeness (QED) is 0.480. The third-order valence-electron chi connectivity index (χ3n) is 7.00. The van der Waals surface area contributed by atoms with Gasteiger partial charge in [0.15, 0.2) is 23.2 Å². The molecule has 0 heterocycles. The third kappa shape index (κ3) is 3.91. The summed E-state index contributed by atoms with van der Waals surface area (Å²) in [7, 11) is 0. The summed E-state index contributed by atoms with van der Waals surface area (Å²) < 4.78 is 50.1. The first-order valence-electron chi connectivity index (χ1n) is 10.8. The predicted octanol–water partition coefficient (Wildman–Crippen LogP) is 7.53. The number of ether oxygens (including phenoxy) is 1. The fraction of sp³-hybridized carbons (Fsp3) is 0.520. The van der Waals surface area contributed by atoms with Crippen LogP contribution in [0.2, 0.25) is 0 Å². The zero-order valence-corrected chi connectivity index (χ0v) is 17.2. The number of fused-ring (bicyclic) bond motifs is 2. The fourth-order valence-corrected chi connectivity index (χ4v) is 5.43. The number of rotatable bonds is 4. The first-order chi connectivity index (χ1) is 14.0. The van der Waals surface area contributed by atoms with Gasteiger partial charge in [0.25, 0.3) is 0 Å². The van der Waals surface area contributed by atoms with Gasteiger partial charge in [-0.1, -0.05) is 31.6 Å². The average molecular weight is 403 g/mol. The lowest BCUT2D eigenvalue weighted by Crippen LogP contribution is -2.30. The highest BCUT2D eigenvalue weighted by Gasteiger charge is 2.36. The summed E-state index contributed by atoms with van der Waals surface area (Å²) in [6, 6.07) is 4.79. The van der Waals surface area contributed by atoms with Crippen LogP contribution in [0, 0.1) is 35.2 Å². The van der Waals surface area contributed by atoms with Crippen molar-refractivity contribution in [3.63, 3.8) is 0 Å². The van der Waals surface area contributed by atoms with Crippen molar-refractivity contribution in [1.82, 2.24) is 0 Å². The minimum Gasteiger partial charge on any atom is -0.486 e. The van der Waals surface area contributed by atoms with Gasteiger partial charge in [-0.15, -0.1) is 0 Å². The van der Waals surface area contributed by atoms with E-state index >= 15 is 4.39 Å². The van der Waals surface area contributed by atoms with Gasteiger partial charge < -0.3 is 4.74 Å². The van der Waals surface area contributed by atoms with Crippen LogP contribution >= 0.6 is 0 Å². The number of benzene rings is 2. The van der Waals surface area contributed by atoms with Crippen LogP contribution in [0.4, 0.5) is 13.2 Å². The molecule has 2 saturated carbocycles. The third-order valence-corrected chi connectivity index (χ3v) is 7.00. The molecule has 2 aromatic carbocycles. The SMILES string of the molecule is C/C=C/COc1ccc2cc([C@@H]3CC[C@@H]4CC(C)CCC4C3)c(F)c(F)c2c1F. The molecule has 2 aromatic rings. The Kier molecular flexibility index (Phi) is 5.89. The van der Waals surface area contributed by atoms with Crippen LogP contribution in [0.25, 0.3) is 10.8 Å². The largest absolute Gasteiger partial charge is 0.486 e. The van der Waals surface area contributed by atoms with Crippen LogP contribution in [-0.4, -0.2) is 6.61 Å². The number of hydrogen-bond donors (Lipinski definition) is 0. The van der Waals surface area contributed by atoms with Gasteiger partial charge in [0, 0.05) is 0 Å². The molecule has 2 fully saturated rings. The van der Waals surface area contributed by atoms with Crippen molar-refractivity contribution >= 4 is 10.8 Å². The average Bonchev–Trinajstić information content (AvgIpc) is 2.72. The zero-order chi connectivity index (χ0) is 20.5. The summed E-state index contributed by atoms with van der Waals surface area (Å²) in [5.41, 5.74) is 0.411. The lowest BCUT2D eigenvalue weighted by Gasteiger charge is -2.41. The van der Waals surface area contributed by atoms with Gasteiger partial charge >= 0.3 is 0 Å². The Bertz CT molecular complexity index is 920. The van der Waals surface area contributed by atoms with Gasteiger partial charge in [-0.2, -0.15) is 0 Å². The standard InChI is InChI=1S/C25H29F3O/c1-3-4-11-29-21-10-9-19-14-20(23(26)25(28)22(19)24(21)27)18-8-7-16-12-15(2)5-6-17(16)13-18/h3-4,9-10,14-18H,5-8,11-13H2,1-2H3/b4-3+/t15?,16-,17?,18-/m1/s1. The van der Waals surface area contributed by atoms with Crippen LogP contribution in [-0.2, 0) is 0 Å². The molecule has 29 heavy (non-hydrogen) atoms. The molecule has 4 atom stereocenters. The summed E-state index contributed by atoms with van der Waals surface area (Å²) in [5, 5.41) is 0.0820. The van der Waals surface area contributed by atoms with E-state index in [0.29, 0.717) is 16.9 Å². The second-order valence-electron chi connectivity index (χ2n) is 8.90. The molecule has 0 saturated heterocycles. The molecule has 0 spiro atoms. The first-order valence-corrected chi connectivity index (χ1v) is 10.8. The highest BCUT2D eigenvalue weighted by atomic mass is 19.2. The van der Waals surface area contributed by atoms with E-state index in [1.165, 1.54) is 25.3 Å². The second kappa shape index (κ2) is 8.41. The van der Waals surface area contributed by atoms with Crippen LogP contribution in [0.15, 0.2) is 30.4 Å². The Labute approximate surface area is 170 Å². The van der Waals surface area contributed by atoms with Gasteiger partial charge in [0.05, 0.1) is 5.39 Å². The Hall–Kier alpha value is -1.97. The van der Waals surface area contributed by atoms with E-state index in [0.717, 1.165) is 31.1 Å². The Morgan fingerprint density at radius 2 is 1.72 bits per heavy atom. The van der Waals surface area contributed by atoms with Crippen molar-refractivity contribution in [1.29, 1.82) is 0 Å². The van der Waals surface area contributed by atoms with E-state index < -0.39 is 17.5 Å². The molecule has 2 aliphatic carbocycles. The van der Waals surface area contributed by atoms with E-state index in [-0.39, 0.29) is 23.7 Å². The Morgan fingerprint density at radius 1 is 0.966 bits per heavy atom. The van der Waals surface area contributed by atoms with E-state index in [4.69, 9.17) is 4.74 Å². The second-order valence-corrected chi connectivity index (χ2v) is 8.90. The van der Waals surface area contributed by atoms with Gasteiger partial charge in [-0.05, 0) is 85.8 Å². The molecular formula is C25H29F3O. The summed E-state index contributed by atoms with van der Waals surface area (Å²) in [4.78, 5) is 0. The Morgan fingerprint density at radius 3 is 2.52 bits per heavy atom. The van der Waals surface area contributed by atoms with Crippen LogP contribution in [0.3, 0.4) is 0 Å². The topological polar surface area (TPSA) is 9.23 Å². The lowest BCUT2D eigenvalue weighted by atomic mass is 9.64. The molecule has 0 radical (unpaired) electrons. The van der Waals surface area contributed by atoms with Crippen molar-refractivity contribution in [3.05, 3.63) is 53.4 Å². The van der Waals surface area contributed by atoms with Gasteiger partial charge in [-0.25, -0.2) is 13.2 Å². The van der Waals surface area contributed by atoms with Crippen molar-refractivity contribution in [2.75, 3.05) is 6.61 Å². The molecule has 0 aliphatic heterocycles. The van der Waals surface area contributed by atoms with Gasteiger partial charge in [0.2, 0.25) is 0 Å². The minimum absolute atomic E-state index is 0.0113. The highest BCUT2D eigenvalue weighted by Crippen LogP contribution is 2.48. The molecule has 0 bridgehead atoms. The number of allylic oxidation sites excluding steroid dienone is 1. The highest BCUT2D eigenvalue weighted by molar-refractivity contribution is 5.86. The van der Waals surface area contributed by atoms with Gasteiger partial charge in [-0.3, -0.25) is 0 Å². The minimum atomic E-state index is -1.09. The molecule has 4 heteroatoms. The first kappa shape index (κ1) is 20.3. The molecule has 0 aromatic heterocycles. The Balaban J connectivity index is 1.64.